The Morgan fingerprint density at radius 2 is 1.89 bits per heavy atom. The quantitative estimate of drug-likeness (QED) is 0.762. The topological polar surface area (TPSA) is 56.8 Å². The van der Waals surface area contributed by atoms with Gasteiger partial charge in [-0.3, -0.25) is 0 Å². The summed E-state index contributed by atoms with van der Waals surface area (Å²) < 4.78 is 16.0. The van der Waals surface area contributed by atoms with Crippen molar-refractivity contribution in [3.8, 4) is 5.75 Å². The molecule has 0 saturated carbocycles. The van der Waals surface area contributed by atoms with Crippen molar-refractivity contribution >= 4 is 29.2 Å². The first-order valence-corrected chi connectivity index (χ1v) is 9.39. The zero-order chi connectivity index (χ0) is 19.5. The van der Waals surface area contributed by atoms with Crippen molar-refractivity contribution in [2.45, 2.75) is 12.5 Å². The largest absolute Gasteiger partial charge is 0.491 e. The second kappa shape index (κ2) is 11.8. The molecule has 0 radical (unpaired) electrons. The van der Waals surface area contributed by atoms with E-state index in [4.69, 9.17) is 32.7 Å². The number of carbonyl (C=O) groups excluding carboxylic acids is 1. The third-order valence-corrected chi connectivity index (χ3v) is 4.55. The van der Waals surface area contributed by atoms with Crippen LogP contribution in [0.4, 0.5) is 0 Å². The number of nitrogens with one attached hydrogen (secondary N) is 1. The molecular weight excluding hydrogens is 389 g/mol. The number of hydrogen-bond acceptors (Lipinski definition) is 5. The van der Waals surface area contributed by atoms with Crippen molar-refractivity contribution in [2.75, 3.05) is 33.4 Å². The molecule has 0 aliphatic carbocycles. The molecule has 1 aliphatic heterocycles. The first-order chi connectivity index (χ1) is 13.1. The van der Waals surface area contributed by atoms with Gasteiger partial charge in [0.2, 0.25) is 0 Å². The lowest BCUT2D eigenvalue weighted by Crippen LogP contribution is -2.22. The van der Waals surface area contributed by atoms with Crippen LogP contribution in [0.3, 0.4) is 0 Å². The van der Waals surface area contributed by atoms with Gasteiger partial charge in [0.05, 0.1) is 35.4 Å². The molecule has 1 heterocycles. The van der Waals surface area contributed by atoms with Crippen LogP contribution in [0.15, 0.2) is 48.5 Å². The Morgan fingerprint density at radius 1 is 1.15 bits per heavy atom. The predicted octanol–water partition coefficient (Wildman–Crippen LogP) is 4.22. The lowest BCUT2D eigenvalue weighted by molar-refractivity contribution is 0.0295. The molecule has 2 aromatic rings. The lowest BCUT2D eigenvalue weighted by Gasteiger charge is -2.15. The van der Waals surface area contributed by atoms with Gasteiger partial charge in [-0.2, -0.15) is 0 Å². The van der Waals surface area contributed by atoms with Gasteiger partial charge in [0, 0.05) is 6.54 Å². The van der Waals surface area contributed by atoms with Gasteiger partial charge >= 0.3 is 5.97 Å². The van der Waals surface area contributed by atoms with Gasteiger partial charge < -0.3 is 19.5 Å². The van der Waals surface area contributed by atoms with E-state index in [-0.39, 0.29) is 12.1 Å². The van der Waals surface area contributed by atoms with E-state index in [0.717, 1.165) is 19.5 Å². The molecule has 0 bridgehead atoms. The molecule has 3 rings (SSSR count). The maximum Gasteiger partial charge on any atom is 0.337 e. The minimum absolute atomic E-state index is 0.0942. The highest BCUT2D eigenvalue weighted by Crippen LogP contribution is 2.19. The molecule has 1 atom stereocenters. The summed E-state index contributed by atoms with van der Waals surface area (Å²) in [6.45, 7) is 3.02. The highest BCUT2D eigenvalue weighted by atomic mass is 35.5. The van der Waals surface area contributed by atoms with E-state index < -0.39 is 0 Å². The van der Waals surface area contributed by atoms with Crippen molar-refractivity contribution in [3.63, 3.8) is 0 Å². The Bertz CT molecular complexity index is 698. The molecule has 1 saturated heterocycles. The highest BCUT2D eigenvalue weighted by molar-refractivity contribution is 6.41. The van der Waals surface area contributed by atoms with Crippen LogP contribution in [0.2, 0.25) is 10.0 Å². The molecule has 27 heavy (non-hydrogen) atoms. The number of benzene rings is 2. The maximum absolute atomic E-state index is 11.4. The molecule has 0 aromatic heterocycles. The molecule has 1 fully saturated rings. The van der Waals surface area contributed by atoms with Gasteiger partial charge in [-0.25, -0.2) is 4.79 Å². The summed E-state index contributed by atoms with van der Waals surface area (Å²) in [7, 11) is 1.36. The van der Waals surface area contributed by atoms with E-state index in [1.165, 1.54) is 7.11 Å². The standard InChI is InChI=1S/C14H19NO4.C6H4Cl2/c1-17-14(16)11-3-2-4-12(9-11)19-10-13-5-6-15-7-8-18-13;7-5-3-1-2-4-6(5)8/h2-4,9,13,15H,5-8,10H2,1H3;1-4H. The summed E-state index contributed by atoms with van der Waals surface area (Å²) in [5, 5.41) is 4.48. The molecular formula is C20H23Cl2NO4. The number of methoxy groups -OCH3 is 1. The number of esters is 1. The Kier molecular flexibility index (Phi) is 9.42. The van der Waals surface area contributed by atoms with Crippen LogP contribution in [0.5, 0.6) is 5.75 Å². The molecule has 5 nitrogen and oxygen atoms in total. The van der Waals surface area contributed by atoms with Crippen LogP contribution in [-0.4, -0.2) is 45.5 Å². The molecule has 0 amide bonds. The molecule has 1 aliphatic rings. The van der Waals surface area contributed by atoms with Gasteiger partial charge in [0.15, 0.2) is 0 Å². The first-order valence-electron chi connectivity index (χ1n) is 8.63. The van der Waals surface area contributed by atoms with Gasteiger partial charge in [0.25, 0.3) is 0 Å². The Labute approximate surface area is 169 Å². The van der Waals surface area contributed by atoms with Gasteiger partial charge in [-0.1, -0.05) is 41.4 Å². The second-order valence-electron chi connectivity index (χ2n) is 5.78. The minimum Gasteiger partial charge on any atom is -0.491 e. The number of halogens is 2. The van der Waals surface area contributed by atoms with E-state index in [1.807, 2.05) is 18.2 Å². The third kappa shape index (κ3) is 7.77. The van der Waals surface area contributed by atoms with Crippen LogP contribution >= 0.6 is 23.2 Å². The summed E-state index contributed by atoms with van der Waals surface area (Å²) >= 11 is 11.2. The second-order valence-corrected chi connectivity index (χ2v) is 6.59. The molecule has 146 valence electrons. The summed E-state index contributed by atoms with van der Waals surface area (Å²) in [6.07, 6.45) is 1.02. The monoisotopic (exact) mass is 411 g/mol. The fraction of sp³-hybridized carbons (Fsp3) is 0.350. The van der Waals surface area contributed by atoms with E-state index in [0.29, 0.717) is 34.6 Å². The number of rotatable bonds is 4. The van der Waals surface area contributed by atoms with Gasteiger partial charge in [-0.15, -0.1) is 0 Å². The minimum atomic E-state index is -0.361. The normalized spacial score (nSPS) is 16.5. The Balaban J connectivity index is 0.000000273. The fourth-order valence-corrected chi connectivity index (χ4v) is 2.63. The van der Waals surface area contributed by atoms with Crippen molar-refractivity contribution in [1.29, 1.82) is 0 Å². The van der Waals surface area contributed by atoms with Crippen molar-refractivity contribution < 1.29 is 19.0 Å². The summed E-state index contributed by atoms with van der Waals surface area (Å²) in [5.41, 5.74) is 0.489. The van der Waals surface area contributed by atoms with E-state index in [9.17, 15) is 4.79 Å². The molecule has 7 heteroatoms. The maximum atomic E-state index is 11.4. The zero-order valence-corrected chi connectivity index (χ0v) is 16.6. The van der Waals surface area contributed by atoms with Crippen LogP contribution in [0, 0.1) is 0 Å². The van der Waals surface area contributed by atoms with Crippen molar-refractivity contribution in [2.24, 2.45) is 0 Å². The predicted molar refractivity (Wildman–Crippen MR) is 107 cm³/mol. The third-order valence-electron chi connectivity index (χ3n) is 3.79. The van der Waals surface area contributed by atoms with Crippen LogP contribution in [-0.2, 0) is 9.47 Å². The number of ether oxygens (including phenoxy) is 3. The van der Waals surface area contributed by atoms with Crippen molar-refractivity contribution in [1.82, 2.24) is 5.32 Å². The Morgan fingerprint density at radius 3 is 2.56 bits per heavy atom. The zero-order valence-electron chi connectivity index (χ0n) is 15.1. The summed E-state index contributed by atoms with van der Waals surface area (Å²) in [4.78, 5) is 11.4. The molecule has 0 spiro atoms. The van der Waals surface area contributed by atoms with E-state index in [2.05, 4.69) is 10.1 Å². The highest BCUT2D eigenvalue weighted by Gasteiger charge is 2.13. The average molecular weight is 412 g/mol. The summed E-state index contributed by atoms with van der Waals surface area (Å²) in [6, 6.07) is 14.2. The van der Waals surface area contributed by atoms with Crippen LogP contribution in [0.1, 0.15) is 16.8 Å². The van der Waals surface area contributed by atoms with Gasteiger partial charge in [-0.05, 0) is 43.3 Å². The number of carbonyl (C=O) groups is 1. The van der Waals surface area contributed by atoms with E-state index in [1.54, 1.807) is 30.3 Å². The van der Waals surface area contributed by atoms with Crippen LogP contribution in [0.25, 0.3) is 0 Å². The average Bonchev–Trinajstić information content (AvgIpc) is 2.98. The van der Waals surface area contributed by atoms with Gasteiger partial charge in [0.1, 0.15) is 12.4 Å². The SMILES string of the molecule is COC(=O)c1cccc(OCC2CCNCCO2)c1.Clc1ccccc1Cl. The fourth-order valence-electron chi connectivity index (χ4n) is 2.36. The molecule has 1 unspecified atom stereocenters. The summed E-state index contributed by atoms with van der Waals surface area (Å²) in [5.74, 6) is 0.295. The first kappa shape index (κ1) is 21.5. The van der Waals surface area contributed by atoms with Crippen LogP contribution < -0.4 is 10.1 Å². The molecule has 2 aromatic carbocycles. The lowest BCUT2D eigenvalue weighted by atomic mass is 10.2. The van der Waals surface area contributed by atoms with E-state index >= 15 is 0 Å². The smallest absolute Gasteiger partial charge is 0.337 e. The molecule has 1 N–H and O–H groups in total. The van der Waals surface area contributed by atoms with Crippen molar-refractivity contribution in [3.05, 3.63) is 64.1 Å². The number of hydrogen-bond donors (Lipinski definition) is 1. The Hall–Kier alpha value is -1.79.